The molecule has 1 aromatic rings. The number of benzene rings is 1. The number of halogens is 1. The first-order valence-corrected chi connectivity index (χ1v) is 5.36. The van der Waals surface area contributed by atoms with Gasteiger partial charge < -0.3 is 9.84 Å². The summed E-state index contributed by atoms with van der Waals surface area (Å²) in [6, 6.07) is 5.94. The number of ether oxygens (including phenoxy) is 1. The molecule has 5 nitrogen and oxygen atoms in total. The third kappa shape index (κ3) is 2.50. The van der Waals surface area contributed by atoms with Crippen molar-refractivity contribution in [2.75, 3.05) is 6.61 Å². The number of hydrogen-bond acceptors (Lipinski definition) is 3. The second kappa shape index (κ2) is 4.63. The van der Waals surface area contributed by atoms with E-state index in [0.717, 1.165) is 5.56 Å². The molecule has 0 saturated carbocycles. The molecule has 17 heavy (non-hydrogen) atoms. The molecule has 1 N–H and O–H groups in total. The van der Waals surface area contributed by atoms with E-state index in [1.165, 1.54) is 4.90 Å². The minimum absolute atomic E-state index is 0.109. The maximum atomic E-state index is 11.4. The van der Waals surface area contributed by atoms with Crippen molar-refractivity contribution in [1.82, 2.24) is 4.90 Å². The van der Waals surface area contributed by atoms with Crippen LogP contribution in [0.25, 0.3) is 0 Å². The van der Waals surface area contributed by atoms with Crippen molar-refractivity contribution < 1.29 is 19.4 Å². The standard InChI is InChI=1S/C11H10ClNO4/c12-8-3-1-7(2-4-8)5-13-9(10(14)15)6-17-11(13)16/h1-4,9H,5-6H2,(H,14,15). The molecule has 1 aromatic carbocycles. The molecule has 1 atom stereocenters. The Balaban J connectivity index is 2.13. The normalized spacial score (nSPS) is 19.2. The molecule has 0 bridgehead atoms. The van der Waals surface area contributed by atoms with Gasteiger partial charge in [0.2, 0.25) is 0 Å². The van der Waals surface area contributed by atoms with Gasteiger partial charge in [-0.2, -0.15) is 0 Å². The number of carbonyl (C=O) groups is 2. The van der Waals surface area contributed by atoms with Crippen LogP contribution < -0.4 is 0 Å². The number of rotatable bonds is 3. The van der Waals surface area contributed by atoms with Crippen LogP contribution in [0, 0.1) is 0 Å². The highest BCUT2D eigenvalue weighted by atomic mass is 35.5. The molecule has 0 radical (unpaired) electrons. The highest BCUT2D eigenvalue weighted by Crippen LogP contribution is 2.18. The number of nitrogens with zero attached hydrogens (tertiary/aromatic N) is 1. The van der Waals surface area contributed by atoms with Crippen LogP contribution in [0.1, 0.15) is 5.56 Å². The number of hydrogen-bond donors (Lipinski definition) is 1. The van der Waals surface area contributed by atoms with Gasteiger partial charge in [-0.25, -0.2) is 9.59 Å². The van der Waals surface area contributed by atoms with Crippen molar-refractivity contribution in [2.24, 2.45) is 0 Å². The zero-order valence-corrected chi connectivity index (χ0v) is 9.55. The van der Waals surface area contributed by atoms with Gasteiger partial charge in [0, 0.05) is 5.02 Å². The highest BCUT2D eigenvalue weighted by molar-refractivity contribution is 6.30. The minimum Gasteiger partial charge on any atom is -0.480 e. The molecule has 1 aliphatic heterocycles. The van der Waals surface area contributed by atoms with Crippen molar-refractivity contribution in [3.8, 4) is 0 Å². The van der Waals surface area contributed by atoms with Crippen LogP contribution in [0.5, 0.6) is 0 Å². The highest BCUT2D eigenvalue weighted by Gasteiger charge is 2.37. The Labute approximate surface area is 103 Å². The van der Waals surface area contributed by atoms with Gasteiger partial charge in [0.15, 0.2) is 6.04 Å². The Bertz CT molecular complexity index is 445. The fourth-order valence-corrected chi connectivity index (χ4v) is 1.74. The van der Waals surface area contributed by atoms with Gasteiger partial charge in [-0.15, -0.1) is 0 Å². The number of aliphatic carboxylic acids is 1. The predicted octanol–water partition coefficient (Wildman–Crippen LogP) is 1.75. The average molecular weight is 256 g/mol. The summed E-state index contributed by atoms with van der Waals surface area (Å²) in [5, 5.41) is 9.52. The molecule has 0 aromatic heterocycles. The summed E-state index contributed by atoms with van der Waals surface area (Å²) in [4.78, 5) is 23.5. The Morgan fingerprint density at radius 1 is 1.47 bits per heavy atom. The molecule has 2 rings (SSSR count). The topological polar surface area (TPSA) is 66.8 Å². The van der Waals surface area contributed by atoms with Crippen molar-refractivity contribution in [1.29, 1.82) is 0 Å². The maximum absolute atomic E-state index is 11.4. The van der Waals surface area contributed by atoms with Gasteiger partial charge in [0.1, 0.15) is 6.61 Å². The number of carboxylic acids is 1. The molecule has 1 fully saturated rings. The van der Waals surface area contributed by atoms with Crippen LogP contribution in [0.3, 0.4) is 0 Å². The molecule has 1 aliphatic rings. The van der Waals surface area contributed by atoms with Gasteiger partial charge in [-0.05, 0) is 17.7 Å². The third-order valence-electron chi connectivity index (χ3n) is 2.53. The Hall–Kier alpha value is -1.75. The van der Waals surface area contributed by atoms with Crippen LogP contribution in [-0.2, 0) is 16.1 Å². The fraction of sp³-hybridized carbons (Fsp3) is 0.273. The van der Waals surface area contributed by atoms with Gasteiger partial charge in [0.05, 0.1) is 6.54 Å². The first-order chi connectivity index (χ1) is 8.08. The van der Waals surface area contributed by atoms with Gasteiger partial charge in [0.25, 0.3) is 0 Å². The fourth-order valence-electron chi connectivity index (χ4n) is 1.62. The maximum Gasteiger partial charge on any atom is 0.411 e. The largest absolute Gasteiger partial charge is 0.480 e. The lowest BCUT2D eigenvalue weighted by Gasteiger charge is -2.17. The van der Waals surface area contributed by atoms with Crippen LogP contribution >= 0.6 is 11.6 Å². The zero-order chi connectivity index (χ0) is 12.4. The third-order valence-corrected chi connectivity index (χ3v) is 2.78. The molecule has 1 amide bonds. The first kappa shape index (κ1) is 11.7. The number of amides is 1. The van der Waals surface area contributed by atoms with E-state index in [2.05, 4.69) is 0 Å². The van der Waals surface area contributed by atoms with E-state index in [1.807, 2.05) is 0 Å². The minimum atomic E-state index is -1.06. The first-order valence-electron chi connectivity index (χ1n) is 4.98. The second-order valence-electron chi connectivity index (χ2n) is 3.69. The molecule has 0 spiro atoms. The van der Waals surface area contributed by atoms with Gasteiger partial charge >= 0.3 is 12.1 Å². The van der Waals surface area contributed by atoms with E-state index in [-0.39, 0.29) is 13.2 Å². The lowest BCUT2D eigenvalue weighted by Crippen LogP contribution is -2.38. The summed E-state index contributed by atoms with van der Waals surface area (Å²) in [5.41, 5.74) is 0.805. The Kier molecular flexibility index (Phi) is 3.19. The van der Waals surface area contributed by atoms with Crippen molar-refractivity contribution >= 4 is 23.7 Å². The molecule has 90 valence electrons. The number of carboxylic acid groups (broad SMARTS) is 1. The molecule has 1 unspecified atom stereocenters. The Morgan fingerprint density at radius 3 is 2.71 bits per heavy atom. The van der Waals surface area contributed by atoms with E-state index >= 15 is 0 Å². The lowest BCUT2D eigenvalue weighted by atomic mass is 10.2. The SMILES string of the molecule is O=C(O)C1COC(=O)N1Cc1ccc(Cl)cc1. The summed E-state index contributed by atoms with van der Waals surface area (Å²) in [6.07, 6.45) is -0.604. The second-order valence-corrected chi connectivity index (χ2v) is 4.12. The van der Waals surface area contributed by atoms with E-state index in [1.54, 1.807) is 24.3 Å². The van der Waals surface area contributed by atoms with E-state index in [4.69, 9.17) is 21.4 Å². The van der Waals surface area contributed by atoms with Gasteiger partial charge in [-0.1, -0.05) is 23.7 Å². The summed E-state index contributed by atoms with van der Waals surface area (Å²) in [6.45, 7) is 0.0920. The number of cyclic esters (lactones) is 1. The molecule has 6 heteroatoms. The van der Waals surface area contributed by atoms with Crippen molar-refractivity contribution in [3.63, 3.8) is 0 Å². The quantitative estimate of drug-likeness (QED) is 0.893. The lowest BCUT2D eigenvalue weighted by molar-refractivity contribution is -0.141. The zero-order valence-electron chi connectivity index (χ0n) is 8.80. The molecular weight excluding hydrogens is 246 g/mol. The van der Waals surface area contributed by atoms with Crippen LogP contribution in [0.4, 0.5) is 4.79 Å². The van der Waals surface area contributed by atoms with Crippen molar-refractivity contribution in [3.05, 3.63) is 34.9 Å². The smallest absolute Gasteiger partial charge is 0.411 e. The summed E-state index contributed by atoms with van der Waals surface area (Å²) < 4.78 is 4.72. The van der Waals surface area contributed by atoms with Crippen LogP contribution in [0.2, 0.25) is 5.02 Å². The van der Waals surface area contributed by atoms with E-state index in [0.29, 0.717) is 5.02 Å². The summed E-state index contributed by atoms with van der Waals surface area (Å²) in [7, 11) is 0. The van der Waals surface area contributed by atoms with Gasteiger partial charge in [-0.3, -0.25) is 4.90 Å². The number of carbonyl (C=O) groups excluding carboxylic acids is 1. The predicted molar refractivity (Wildman–Crippen MR) is 59.8 cm³/mol. The van der Waals surface area contributed by atoms with Crippen molar-refractivity contribution in [2.45, 2.75) is 12.6 Å². The Morgan fingerprint density at radius 2 is 2.12 bits per heavy atom. The van der Waals surface area contributed by atoms with E-state index in [9.17, 15) is 9.59 Å². The molecule has 0 aliphatic carbocycles. The molecule has 1 saturated heterocycles. The van der Waals surface area contributed by atoms with Crippen LogP contribution in [-0.4, -0.2) is 34.7 Å². The molecular formula is C11H10ClNO4. The molecule has 1 heterocycles. The monoisotopic (exact) mass is 255 g/mol. The average Bonchev–Trinajstić information content (AvgIpc) is 2.64. The van der Waals surface area contributed by atoms with Crippen LogP contribution in [0.15, 0.2) is 24.3 Å². The summed E-state index contributed by atoms with van der Waals surface area (Å²) in [5.74, 6) is -1.06. The summed E-state index contributed by atoms with van der Waals surface area (Å²) >= 11 is 5.74. The van der Waals surface area contributed by atoms with E-state index < -0.39 is 18.1 Å².